The standard InChI is InChI=1S/C14H17ClS2/c1-10-14(7-8-16-9-17-10)6-5-11-12(14)3-2-4-13(11)15/h2-4,10H,5-9H2,1H3. The summed E-state index contributed by atoms with van der Waals surface area (Å²) in [4.78, 5) is 0. The van der Waals surface area contributed by atoms with Crippen LogP contribution < -0.4 is 0 Å². The average Bonchev–Trinajstić information content (AvgIpc) is 2.60. The molecule has 3 heteroatoms. The van der Waals surface area contributed by atoms with Crippen LogP contribution in [-0.2, 0) is 11.8 Å². The highest BCUT2D eigenvalue weighted by Crippen LogP contribution is 2.51. The first kappa shape index (κ1) is 12.3. The van der Waals surface area contributed by atoms with Gasteiger partial charge in [-0.15, -0.1) is 11.8 Å². The Morgan fingerprint density at radius 3 is 3.12 bits per heavy atom. The molecule has 1 aromatic rings. The summed E-state index contributed by atoms with van der Waals surface area (Å²) in [5.74, 6) is 1.29. The van der Waals surface area contributed by atoms with Crippen molar-refractivity contribution in [3.8, 4) is 0 Å². The Morgan fingerprint density at radius 2 is 2.24 bits per heavy atom. The maximum absolute atomic E-state index is 6.35. The SMILES string of the molecule is CC1SCSCCC12CCc1c(Cl)cccc12. The van der Waals surface area contributed by atoms with Crippen LogP contribution in [0.5, 0.6) is 0 Å². The van der Waals surface area contributed by atoms with Crippen LogP contribution in [0.4, 0.5) is 0 Å². The van der Waals surface area contributed by atoms with E-state index in [1.807, 2.05) is 6.07 Å². The van der Waals surface area contributed by atoms with Crippen LogP contribution in [0.15, 0.2) is 18.2 Å². The molecule has 2 aliphatic rings. The van der Waals surface area contributed by atoms with E-state index < -0.39 is 0 Å². The molecule has 0 radical (unpaired) electrons. The molecule has 1 saturated heterocycles. The molecule has 17 heavy (non-hydrogen) atoms. The minimum absolute atomic E-state index is 0.397. The van der Waals surface area contributed by atoms with Crippen molar-refractivity contribution in [1.29, 1.82) is 0 Å². The quantitative estimate of drug-likeness (QED) is 0.675. The lowest BCUT2D eigenvalue weighted by molar-refractivity contribution is 0.410. The second-order valence-corrected chi connectivity index (χ2v) is 8.21. The van der Waals surface area contributed by atoms with Crippen LogP contribution in [0.1, 0.15) is 30.9 Å². The van der Waals surface area contributed by atoms with Crippen molar-refractivity contribution in [2.24, 2.45) is 0 Å². The topological polar surface area (TPSA) is 0 Å². The van der Waals surface area contributed by atoms with E-state index in [2.05, 4.69) is 42.6 Å². The summed E-state index contributed by atoms with van der Waals surface area (Å²) in [5, 5.41) is 2.95. The highest BCUT2D eigenvalue weighted by atomic mass is 35.5. The van der Waals surface area contributed by atoms with Crippen LogP contribution in [0.2, 0.25) is 5.02 Å². The van der Waals surface area contributed by atoms with Crippen molar-refractivity contribution in [2.45, 2.75) is 36.9 Å². The molecule has 1 fully saturated rings. The monoisotopic (exact) mass is 284 g/mol. The van der Waals surface area contributed by atoms with E-state index in [-0.39, 0.29) is 0 Å². The Kier molecular flexibility index (Phi) is 3.40. The highest BCUT2D eigenvalue weighted by Gasteiger charge is 2.44. The number of rotatable bonds is 0. The third kappa shape index (κ3) is 1.93. The maximum Gasteiger partial charge on any atom is 0.0440 e. The normalized spacial score (nSPS) is 32.5. The minimum Gasteiger partial charge on any atom is -0.151 e. The highest BCUT2D eigenvalue weighted by molar-refractivity contribution is 8.16. The first-order valence-electron chi connectivity index (χ1n) is 6.21. The molecule has 0 nitrogen and oxygen atoms in total. The van der Waals surface area contributed by atoms with Gasteiger partial charge < -0.3 is 0 Å². The van der Waals surface area contributed by atoms with Crippen molar-refractivity contribution in [2.75, 3.05) is 10.8 Å². The first-order chi connectivity index (χ1) is 8.24. The summed E-state index contributed by atoms with van der Waals surface area (Å²) >= 11 is 10.6. The molecule has 3 rings (SSSR count). The fourth-order valence-electron chi connectivity index (χ4n) is 3.27. The van der Waals surface area contributed by atoms with Gasteiger partial charge >= 0.3 is 0 Å². The summed E-state index contributed by atoms with van der Waals surface area (Å²) in [5.41, 5.74) is 3.37. The summed E-state index contributed by atoms with van der Waals surface area (Å²) in [7, 11) is 0. The van der Waals surface area contributed by atoms with E-state index in [1.165, 1.54) is 35.7 Å². The largest absolute Gasteiger partial charge is 0.151 e. The number of benzene rings is 1. The molecule has 1 aliphatic heterocycles. The number of thioether (sulfide) groups is 2. The number of hydrogen-bond acceptors (Lipinski definition) is 2. The van der Waals surface area contributed by atoms with Gasteiger partial charge in [0.2, 0.25) is 0 Å². The number of halogens is 1. The fourth-order valence-corrected chi connectivity index (χ4v) is 6.40. The van der Waals surface area contributed by atoms with E-state index in [0.717, 1.165) is 10.3 Å². The van der Waals surface area contributed by atoms with Crippen molar-refractivity contribution in [3.05, 3.63) is 34.3 Å². The molecule has 2 unspecified atom stereocenters. The Hall–Kier alpha value is 0.210. The molecule has 0 aromatic heterocycles. The van der Waals surface area contributed by atoms with E-state index in [9.17, 15) is 0 Å². The average molecular weight is 285 g/mol. The molecule has 0 N–H and O–H groups in total. The van der Waals surface area contributed by atoms with Crippen LogP contribution in [0.3, 0.4) is 0 Å². The minimum atomic E-state index is 0.397. The summed E-state index contributed by atoms with van der Waals surface area (Å²) in [6.45, 7) is 2.41. The van der Waals surface area contributed by atoms with Crippen LogP contribution in [0, 0.1) is 0 Å². The first-order valence-corrected chi connectivity index (χ1v) is 8.79. The molecular weight excluding hydrogens is 268 g/mol. The van der Waals surface area contributed by atoms with Gasteiger partial charge in [0.15, 0.2) is 0 Å². The van der Waals surface area contributed by atoms with Gasteiger partial charge in [0.25, 0.3) is 0 Å². The van der Waals surface area contributed by atoms with Gasteiger partial charge in [0.1, 0.15) is 0 Å². The predicted molar refractivity (Wildman–Crippen MR) is 80.4 cm³/mol. The zero-order valence-electron chi connectivity index (χ0n) is 10.0. The number of hydrogen-bond donors (Lipinski definition) is 0. The van der Waals surface area contributed by atoms with Gasteiger partial charge in [-0.2, -0.15) is 11.8 Å². The van der Waals surface area contributed by atoms with E-state index in [4.69, 9.17) is 11.6 Å². The van der Waals surface area contributed by atoms with E-state index >= 15 is 0 Å². The Labute approximate surface area is 117 Å². The molecule has 92 valence electrons. The maximum atomic E-state index is 6.35. The summed E-state index contributed by atoms with van der Waals surface area (Å²) in [6, 6.07) is 6.49. The zero-order valence-corrected chi connectivity index (χ0v) is 12.4. The lowest BCUT2D eigenvalue weighted by Crippen LogP contribution is -2.33. The van der Waals surface area contributed by atoms with Gasteiger partial charge in [0, 0.05) is 20.8 Å². The van der Waals surface area contributed by atoms with Crippen molar-refractivity contribution < 1.29 is 0 Å². The molecular formula is C14H17ClS2. The molecule has 1 heterocycles. The third-order valence-corrected chi connectivity index (χ3v) is 7.36. The summed E-state index contributed by atoms with van der Waals surface area (Å²) in [6.07, 6.45) is 3.78. The molecule has 2 atom stereocenters. The molecule has 1 aliphatic carbocycles. The van der Waals surface area contributed by atoms with Crippen molar-refractivity contribution in [1.82, 2.24) is 0 Å². The van der Waals surface area contributed by atoms with Gasteiger partial charge in [0.05, 0.1) is 0 Å². The van der Waals surface area contributed by atoms with E-state index in [0.29, 0.717) is 5.41 Å². The smallest absolute Gasteiger partial charge is 0.0440 e. The second kappa shape index (κ2) is 4.71. The molecule has 0 saturated carbocycles. The van der Waals surface area contributed by atoms with Crippen molar-refractivity contribution in [3.63, 3.8) is 0 Å². The lowest BCUT2D eigenvalue weighted by atomic mass is 9.76. The van der Waals surface area contributed by atoms with Crippen LogP contribution in [0.25, 0.3) is 0 Å². The van der Waals surface area contributed by atoms with Crippen LogP contribution in [-0.4, -0.2) is 16.1 Å². The van der Waals surface area contributed by atoms with Crippen LogP contribution >= 0.6 is 35.1 Å². The molecule has 0 amide bonds. The second-order valence-electron chi connectivity index (χ2n) is 5.01. The van der Waals surface area contributed by atoms with Gasteiger partial charge in [-0.25, -0.2) is 0 Å². The molecule has 1 spiro atoms. The molecule has 1 aromatic carbocycles. The summed E-state index contributed by atoms with van der Waals surface area (Å²) < 4.78 is 0. The Bertz CT molecular complexity index is 432. The van der Waals surface area contributed by atoms with Gasteiger partial charge in [-0.05, 0) is 42.2 Å². The Morgan fingerprint density at radius 1 is 1.35 bits per heavy atom. The zero-order chi connectivity index (χ0) is 11.9. The van der Waals surface area contributed by atoms with Crippen molar-refractivity contribution >= 4 is 35.1 Å². The van der Waals surface area contributed by atoms with E-state index in [1.54, 1.807) is 5.56 Å². The van der Waals surface area contributed by atoms with Gasteiger partial charge in [-0.1, -0.05) is 30.7 Å². The third-order valence-electron chi connectivity index (χ3n) is 4.35. The predicted octanol–water partition coefficient (Wildman–Crippen LogP) is 4.74. The fraction of sp³-hybridized carbons (Fsp3) is 0.571. The number of fused-ring (bicyclic) bond motifs is 2. The lowest BCUT2D eigenvalue weighted by Gasteiger charge is -2.34. The molecule has 0 bridgehead atoms. The Balaban J connectivity index is 2.08. The van der Waals surface area contributed by atoms with Gasteiger partial charge in [-0.3, -0.25) is 0 Å².